The molecule has 0 bridgehead atoms. The Hall–Kier alpha value is -1.47. The number of aliphatic carboxylic acids is 1. The molecule has 1 aliphatic carbocycles. The van der Waals surface area contributed by atoms with Crippen molar-refractivity contribution in [3.63, 3.8) is 0 Å². The van der Waals surface area contributed by atoms with Crippen molar-refractivity contribution in [3.8, 4) is 0 Å². The molecule has 0 aliphatic heterocycles. The molecule has 2 atom stereocenters. The molecule has 0 spiro atoms. The van der Waals surface area contributed by atoms with Gasteiger partial charge in [-0.15, -0.1) is 0 Å². The Morgan fingerprint density at radius 1 is 1.52 bits per heavy atom. The predicted molar refractivity (Wildman–Crippen MR) is 78.2 cm³/mol. The Balaban J connectivity index is 1.99. The number of carbonyl (C=O) groups is 1. The minimum atomic E-state index is -3.52. The summed E-state index contributed by atoms with van der Waals surface area (Å²) in [6.45, 7) is 1.61. The van der Waals surface area contributed by atoms with Gasteiger partial charge in [-0.3, -0.25) is 9.78 Å². The topological polar surface area (TPSA) is 96.4 Å². The molecular formula is C14H20N2O4S. The lowest BCUT2D eigenvalue weighted by molar-refractivity contribution is -0.148. The molecule has 0 aromatic carbocycles. The summed E-state index contributed by atoms with van der Waals surface area (Å²) in [6, 6.07) is 4.81. The number of sulfonamides is 1. The molecule has 0 saturated heterocycles. The third-order valence-corrected chi connectivity index (χ3v) is 5.51. The number of aryl methyl sites for hydroxylation is 1. The number of carboxylic acid groups (broad SMARTS) is 1. The van der Waals surface area contributed by atoms with Gasteiger partial charge in [0.1, 0.15) is 0 Å². The van der Waals surface area contributed by atoms with E-state index < -0.39 is 27.4 Å². The van der Waals surface area contributed by atoms with Gasteiger partial charge in [0.2, 0.25) is 10.0 Å². The lowest BCUT2D eigenvalue weighted by atomic mass is 9.85. The highest BCUT2D eigenvalue weighted by molar-refractivity contribution is 7.89. The predicted octanol–water partition coefficient (Wildman–Crippen LogP) is 1.19. The van der Waals surface area contributed by atoms with Gasteiger partial charge >= 0.3 is 5.97 Å². The van der Waals surface area contributed by atoms with E-state index in [2.05, 4.69) is 9.71 Å². The number of hydrogen-bond donors (Lipinski definition) is 2. The second-order valence-electron chi connectivity index (χ2n) is 5.68. The van der Waals surface area contributed by atoms with E-state index in [-0.39, 0.29) is 5.75 Å². The maximum atomic E-state index is 12.1. The van der Waals surface area contributed by atoms with Crippen LogP contribution in [0.25, 0.3) is 0 Å². The van der Waals surface area contributed by atoms with Gasteiger partial charge in [-0.25, -0.2) is 13.1 Å². The summed E-state index contributed by atoms with van der Waals surface area (Å²) in [7, 11) is -3.52. The third-order valence-electron chi connectivity index (χ3n) is 4.12. The van der Waals surface area contributed by atoms with E-state index in [1.54, 1.807) is 31.3 Å². The number of pyridine rings is 1. The minimum absolute atomic E-state index is 0.0871. The molecule has 1 saturated carbocycles. The van der Waals surface area contributed by atoms with Crippen LogP contribution in [0.2, 0.25) is 0 Å². The van der Waals surface area contributed by atoms with Crippen molar-refractivity contribution in [1.82, 2.24) is 9.71 Å². The van der Waals surface area contributed by atoms with Crippen LogP contribution in [0.3, 0.4) is 0 Å². The zero-order valence-electron chi connectivity index (χ0n) is 11.9. The van der Waals surface area contributed by atoms with Crippen LogP contribution in [-0.4, -0.2) is 36.3 Å². The van der Waals surface area contributed by atoms with Crippen LogP contribution < -0.4 is 4.72 Å². The highest BCUT2D eigenvalue weighted by atomic mass is 32.2. The molecule has 0 amide bonds. The van der Waals surface area contributed by atoms with Gasteiger partial charge in [0.25, 0.3) is 0 Å². The minimum Gasteiger partial charge on any atom is -0.481 e. The van der Waals surface area contributed by atoms with Gasteiger partial charge in [-0.1, -0.05) is 12.5 Å². The molecule has 1 fully saturated rings. The summed E-state index contributed by atoms with van der Waals surface area (Å²) in [5.74, 6) is -1.03. The lowest BCUT2D eigenvalue weighted by Gasteiger charge is -2.27. The first-order valence-electron chi connectivity index (χ1n) is 6.97. The number of carboxylic acids is 1. The standard InChI is InChI=1S/C14H20N2O4S/c1-14(13(17)18)8-4-6-12(14)16-21(19,20)10-7-11-5-2-3-9-15-11/h2-3,5,9,12,16H,4,6-8,10H2,1H3,(H,17,18). The zero-order chi connectivity index (χ0) is 15.5. The first-order valence-corrected chi connectivity index (χ1v) is 8.62. The first-order chi connectivity index (χ1) is 9.83. The molecule has 21 heavy (non-hydrogen) atoms. The molecule has 2 rings (SSSR count). The fourth-order valence-electron chi connectivity index (χ4n) is 2.67. The monoisotopic (exact) mass is 312 g/mol. The Bertz CT molecular complexity index is 603. The van der Waals surface area contributed by atoms with Gasteiger partial charge in [0.05, 0.1) is 11.2 Å². The largest absolute Gasteiger partial charge is 0.481 e. The molecule has 116 valence electrons. The molecule has 2 N–H and O–H groups in total. The number of nitrogens with one attached hydrogen (secondary N) is 1. The normalized spacial score (nSPS) is 25.9. The van der Waals surface area contributed by atoms with Crippen molar-refractivity contribution >= 4 is 16.0 Å². The van der Waals surface area contributed by atoms with E-state index >= 15 is 0 Å². The second kappa shape index (κ2) is 6.11. The number of nitrogens with zero attached hydrogens (tertiary/aromatic N) is 1. The van der Waals surface area contributed by atoms with Crippen LogP contribution in [0.5, 0.6) is 0 Å². The van der Waals surface area contributed by atoms with E-state index in [0.717, 1.165) is 6.42 Å². The maximum absolute atomic E-state index is 12.1. The van der Waals surface area contributed by atoms with E-state index in [1.807, 2.05) is 0 Å². The maximum Gasteiger partial charge on any atom is 0.310 e. The molecule has 0 radical (unpaired) electrons. The highest BCUT2D eigenvalue weighted by Crippen LogP contribution is 2.38. The fourth-order valence-corrected chi connectivity index (χ4v) is 4.08. The van der Waals surface area contributed by atoms with Crippen LogP contribution in [0, 0.1) is 5.41 Å². The summed E-state index contributed by atoms with van der Waals surface area (Å²) in [4.78, 5) is 15.4. The van der Waals surface area contributed by atoms with Crippen molar-refractivity contribution in [2.45, 2.75) is 38.6 Å². The molecule has 1 heterocycles. The second-order valence-corrected chi connectivity index (χ2v) is 7.55. The molecule has 1 aromatic heterocycles. The fraction of sp³-hybridized carbons (Fsp3) is 0.571. The lowest BCUT2D eigenvalue weighted by Crippen LogP contribution is -2.47. The van der Waals surface area contributed by atoms with Crippen molar-refractivity contribution in [2.24, 2.45) is 5.41 Å². The Labute approximate surface area is 124 Å². The third kappa shape index (κ3) is 3.79. The number of aromatic nitrogens is 1. The van der Waals surface area contributed by atoms with Crippen LogP contribution >= 0.6 is 0 Å². The smallest absolute Gasteiger partial charge is 0.310 e. The molecule has 1 aromatic rings. The quantitative estimate of drug-likeness (QED) is 0.822. The van der Waals surface area contributed by atoms with Crippen molar-refractivity contribution < 1.29 is 18.3 Å². The van der Waals surface area contributed by atoms with Gasteiger partial charge in [-0.05, 0) is 31.9 Å². The van der Waals surface area contributed by atoms with E-state index in [4.69, 9.17) is 0 Å². The molecule has 1 aliphatic rings. The number of rotatable bonds is 6. The Morgan fingerprint density at radius 3 is 2.90 bits per heavy atom. The summed E-state index contributed by atoms with van der Waals surface area (Å²) < 4.78 is 26.8. The van der Waals surface area contributed by atoms with Crippen LogP contribution in [0.4, 0.5) is 0 Å². The van der Waals surface area contributed by atoms with Crippen molar-refractivity contribution in [2.75, 3.05) is 5.75 Å². The van der Waals surface area contributed by atoms with Crippen LogP contribution in [0.15, 0.2) is 24.4 Å². The first kappa shape index (κ1) is 15.9. The van der Waals surface area contributed by atoms with Gasteiger partial charge in [0, 0.05) is 24.4 Å². The van der Waals surface area contributed by atoms with E-state index in [0.29, 0.717) is 25.0 Å². The average Bonchev–Trinajstić information content (AvgIpc) is 2.80. The van der Waals surface area contributed by atoms with Gasteiger partial charge in [0.15, 0.2) is 0 Å². The Kier molecular flexibility index (Phi) is 4.63. The highest BCUT2D eigenvalue weighted by Gasteiger charge is 2.46. The summed E-state index contributed by atoms with van der Waals surface area (Å²) >= 11 is 0. The van der Waals surface area contributed by atoms with Crippen molar-refractivity contribution in [3.05, 3.63) is 30.1 Å². The summed E-state index contributed by atoms with van der Waals surface area (Å²) in [6.07, 6.45) is 3.71. The van der Waals surface area contributed by atoms with Crippen LogP contribution in [0.1, 0.15) is 31.9 Å². The summed E-state index contributed by atoms with van der Waals surface area (Å²) in [5.41, 5.74) is -0.312. The molecule has 7 heteroatoms. The van der Waals surface area contributed by atoms with Gasteiger partial charge in [-0.2, -0.15) is 0 Å². The zero-order valence-corrected chi connectivity index (χ0v) is 12.8. The van der Waals surface area contributed by atoms with Gasteiger partial charge < -0.3 is 5.11 Å². The Morgan fingerprint density at radius 2 is 2.29 bits per heavy atom. The molecule has 6 nitrogen and oxygen atoms in total. The molecule has 2 unspecified atom stereocenters. The average molecular weight is 312 g/mol. The van der Waals surface area contributed by atoms with E-state index in [1.165, 1.54) is 0 Å². The van der Waals surface area contributed by atoms with Crippen molar-refractivity contribution in [1.29, 1.82) is 0 Å². The van der Waals surface area contributed by atoms with E-state index in [9.17, 15) is 18.3 Å². The molecular weight excluding hydrogens is 292 g/mol. The number of hydrogen-bond acceptors (Lipinski definition) is 4. The SMILES string of the molecule is CC1(C(=O)O)CCCC1NS(=O)(=O)CCc1ccccn1. The van der Waals surface area contributed by atoms with Crippen LogP contribution in [-0.2, 0) is 21.2 Å². The summed E-state index contributed by atoms with van der Waals surface area (Å²) in [5, 5.41) is 9.30.